The molecule has 1 heterocycles. The quantitative estimate of drug-likeness (QED) is 0.474. The van der Waals surface area contributed by atoms with Crippen LogP contribution in [0.5, 0.6) is 0 Å². The molecule has 0 radical (unpaired) electrons. The highest BCUT2D eigenvalue weighted by Crippen LogP contribution is 2.36. The Kier molecular flexibility index (Phi) is 4.32. The molecule has 0 fully saturated rings. The van der Waals surface area contributed by atoms with E-state index >= 15 is 0 Å². The minimum atomic E-state index is -0.668. The number of non-ortho nitro benzene ring substituents is 1. The van der Waals surface area contributed by atoms with Crippen LogP contribution in [-0.4, -0.2) is 19.6 Å². The first-order valence-corrected chi connectivity index (χ1v) is 7.93. The predicted octanol–water partition coefficient (Wildman–Crippen LogP) is 4.43. The Bertz CT molecular complexity index is 985. The topological polar surface area (TPSA) is 104 Å². The molecule has 3 rings (SSSR count). The Morgan fingerprint density at radius 3 is 2.32 bits per heavy atom. The fourth-order valence-electron chi connectivity index (χ4n) is 2.48. The molecular formula is C16H11BrN4O4. The van der Waals surface area contributed by atoms with Crippen molar-refractivity contribution in [1.82, 2.24) is 9.78 Å². The first kappa shape index (κ1) is 16.8. The van der Waals surface area contributed by atoms with Crippen LogP contribution < -0.4 is 0 Å². The zero-order chi connectivity index (χ0) is 18.1. The summed E-state index contributed by atoms with van der Waals surface area (Å²) in [5.41, 5.74) is 1.51. The minimum Gasteiger partial charge on any atom is -0.258 e. The van der Waals surface area contributed by atoms with Gasteiger partial charge in [0.2, 0.25) is 0 Å². The largest absolute Gasteiger partial charge is 0.301 e. The number of hydrogen-bond donors (Lipinski definition) is 0. The molecule has 0 amide bonds. The lowest BCUT2D eigenvalue weighted by Crippen LogP contribution is -2.04. The lowest BCUT2D eigenvalue weighted by Gasteiger charge is -2.09. The average molecular weight is 403 g/mol. The van der Waals surface area contributed by atoms with Gasteiger partial charge in [0.25, 0.3) is 5.69 Å². The molecule has 0 saturated carbocycles. The van der Waals surface area contributed by atoms with Gasteiger partial charge < -0.3 is 0 Å². The van der Waals surface area contributed by atoms with Gasteiger partial charge in [-0.2, -0.15) is 5.10 Å². The molecule has 0 bridgehead atoms. The van der Waals surface area contributed by atoms with Crippen LogP contribution in [0.1, 0.15) is 5.69 Å². The first-order valence-electron chi connectivity index (χ1n) is 7.14. The van der Waals surface area contributed by atoms with Gasteiger partial charge in [-0.05, 0) is 28.9 Å². The van der Waals surface area contributed by atoms with Crippen molar-refractivity contribution in [2.45, 2.75) is 6.92 Å². The normalized spacial score (nSPS) is 10.6. The minimum absolute atomic E-state index is 0.156. The van der Waals surface area contributed by atoms with Gasteiger partial charge in [0.05, 0.1) is 31.8 Å². The third-order valence-corrected chi connectivity index (χ3v) is 4.58. The smallest absolute Gasteiger partial charge is 0.258 e. The highest BCUT2D eigenvalue weighted by atomic mass is 79.9. The van der Waals surface area contributed by atoms with Gasteiger partial charge in [0.15, 0.2) is 0 Å². The predicted molar refractivity (Wildman–Crippen MR) is 94.7 cm³/mol. The van der Waals surface area contributed by atoms with Crippen LogP contribution in [-0.2, 0) is 0 Å². The standard InChI is InChI=1S/C16H11BrN4O4/c1-10-15(17)16(11-5-3-2-4-6-11)19(18-10)13-8-7-12(20(22)23)9-14(13)21(24)25/h2-9H,1H3. The van der Waals surface area contributed by atoms with Crippen molar-refractivity contribution in [1.29, 1.82) is 0 Å². The fourth-order valence-corrected chi connectivity index (χ4v) is 2.95. The van der Waals surface area contributed by atoms with Gasteiger partial charge in [-0.15, -0.1) is 0 Å². The molecule has 1 aromatic heterocycles. The lowest BCUT2D eigenvalue weighted by molar-refractivity contribution is -0.394. The second-order valence-electron chi connectivity index (χ2n) is 5.21. The maximum absolute atomic E-state index is 11.4. The molecule has 2 aromatic carbocycles. The Balaban J connectivity index is 2.30. The van der Waals surface area contributed by atoms with Gasteiger partial charge in [-0.1, -0.05) is 30.3 Å². The van der Waals surface area contributed by atoms with E-state index in [9.17, 15) is 20.2 Å². The molecule has 0 atom stereocenters. The van der Waals surface area contributed by atoms with Gasteiger partial charge in [-0.25, -0.2) is 4.68 Å². The average Bonchev–Trinajstić information content (AvgIpc) is 2.90. The summed E-state index contributed by atoms with van der Waals surface area (Å²) in [5, 5.41) is 26.7. The van der Waals surface area contributed by atoms with Crippen LogP contribution in [0.3, 0.4) is 0 Å². The zero-order valence-corrected chi connectivity index (χ0v) is 14.5. The molecule has 8 nitrogen and oxygen atoms in total. The number of halogens is 1. The maximum atomic E-state index is 11.4. The molecule has 0 N–H and O–H groups in total. The molecule has 3 aromatic rings. The van der Waals surface area contributed by atoms with Gasteiger partial charge >= 0.3 is 5.69 Å². The third-order valence-electron chi connectivity index (χ3n) is 3.63. The van der Waals surface area contributed by atoms with Crippen LogP contribution in [0.2, 0.25) is 0 Å². The van der Waals surface area contributed by atoms with Crippen molar-refractivity contribution in [3.63, 3.8) is 0 Å². The second kappa shape index (κ2) is 6.44. The van der Waals surface area contributed by atoms with Gasteiger partial charge in [-0.3, -0.25) is 20.2 Å². The van der Waals surface area contributed by atoms with Gasteiger partial charge in [0.1, 0.15) is 5.69 Å². The van der Waals surface area contributed by atoms with Crippen LogP contribution in [0.4, 0.5) is 11.4 Å². The number of rotatable bonds is 4. The van der Waals surface area contributed by atoms with Crippen molar-refractivity contribution in [2.75, 3.05) is 0 Å². The third kappa shape index (κ3) is 3.01. The summed E-state index contributed by atoms with van der Waals surface area (Å²) < 4.78 is 2.13. The van der Waals surface area contributed by atoms with Crippen molar-refractivity contribution in [2.24, 2.45) is 0 Å². The summed E-state index contributed by atoms with van der Waals surface area (Å²) in [4.78, 5) is 21.0. The van der Waals surface area contributed by atoms with Crippen LogP contribution in [0.15, 0.2) is 53.0 Å². The van der Waals surface area contributed by atoms with E-state index in [-0.39, 0.29) is 17.1 Å². The lowest BCUT2D eigenvalue weighted by atomic mass is 10.1. The molecule has 0 spiro atoms. The molecule has 0 aliphatic heterocycles. The molecule has 9 heteroatoms. The summed E-state index contributed by atoms with van der Waals surface area (Å²) in [6.07, 6.45) is 0. The number of nitro groups is 2. The van der Waals surface area contributed by atoms with Crippen molar-refractivity contribution in [3.05, 3.63) is 78.9 Å². The maximum Gasteiger partial charge on any atom is 0.301 e. The highest BCUT2D eigenvalue weighted by Gasteiger charge is 2.25. The first-order chi connectivity index (χ1) is 11.9. The summed E-state index contributed by atoms with van der Waals surface area (Å²) in [5.74, 6) is 0. The van der Waals surface area contributed by atoms with E-state index in [1.807, 2.05) is 30.3 Å². The molecule has 0 saturated heterocycles. The Morgan fingerprint density at radius 1 is 1.04 bits per heavy atom. The van der Waals surface area contributed by atoms with E-state index in [2.05, 4.69) is 21.0 Å². The van der Waals surface area contributed by atoms with E-state index in [0.29, 0.717) is 15.9 Å². The van der Waals surface area contributed by atoms with Crippen LogP contribution in [0, 0.1) is 27.2 Å². The number of aryl methyl sites for hydroxylation is 1. The number of hydrogen-bond acceptors (Lipinski definition) is 5. The molecular weight excluding hydrogens is 392 g/mol. The Labute approximate surface area is 150 Å². The van der Waals surface area contributed by atoms with Crippen LogP contribution >= 0.6 is 15.9 Å². The summed E-state index contributed by atoms with van der Waals surface area (Å²) in [7, 11) is 0. The number of nitro benzene ring substituents is 2. The molecule has 0 unspecified atom stereocenters. The summed E-state index contributed by atoms with van der Waals surface area (Å²) in [6, 6.07) is 12.8. The van der Waals surface area contributed by atoms with Crippen molar-refractivity contribution < 1.29 is 9.85 Å². The molecule has 0 aliphatic rings. The highest BCUT2D eigenvalue weighted by molar-refractivity contribution is 9.10. The van der Waals surface area contributed by atoms with E-state index in [4.69, 9.17) is 0 Å². The summed E-state index contributed by atoms with van der Waals surface area (Å²) >= 11 is 3.47. The van der Waals surface area contributed by atoms with Gasteiger partial charge in [0, 0.05) is 11.6 Å². The molecule has 25 heavy (non-hydrogen) atoms. The Morgan fingerprint density at radius 2 is 1.72 bits per heavy atom. The number of nitrogens with zero attached hydrogens (tertiary/aromatic N) is 4. The zero-order valence-electron chi connectivity index (χ0n) is 12.9. The van der Waals surface area contributed by atoms with Crippen molar-refractivity contribution in [3.8, 4) is 16.9 Å². The van der Waals surface area contributed by atoms with E-state index in [1.165, 1.54) is 16.8 Å². The Hall–Kier alpha value is -3.07. The van der Waals surface area contributed by atoms with Crippen LogP contribution in [0.25, 0.3) is 16.9 Å². The van der Waals surface area contributed by atoms with E-state index < -0.39 is 9.85 Å². The summed E-state index contributed by atoms with van der Waals surface area (Å²) in [6.45, 7) is 1.77. The number of benzene rings is 2. The monoisotopic (exact) mass is 402 g/mol. The fraction of sp³-hybridized carbons (Fsp3) is 0.0625. The SMILES string of the molecule is Cc1nn(-c2ccc([N+](=O)[O-])cc2[N+](=O)[O-])c(-c2ccccc2)c1Br. The van der Waals surface area contributed by atoms with E-state index in [0.717, 1.165) is 11.6 Å². The second-order valence-corrected chi connectivity index (χ2v) is 6.01. The molecule has 126 valence electrons. The van der Waals surface area contributed by atoms with E-state index in [1.54, 1.807) is 6.92 Å². The van der Waals surface area contributed by atoms with Crippen molar-refractivity contribution >= 4 is 27.3 Å². The number of aromatic nitrogens is 2. The molecule has 0 aliphatic carbocycles.